The van der Waals surface area contributed by atoms with Gasteiger partial charge in [-0.25, -0.2) is 8.42 Å². The van der Waals surface area contributed by atoms with Crippen LogP contribution >= 0.6 is 0 Å². The fraction of sp³-hybridized carbons (Fsp3) is 0.100. The smallest absolute Gasteiger partial charge is 0.277 e. The third-order valence-electron chi connectivity index (χ3n) is 4.19. The van der Waals surface area contributed by atoms with Crippen molar-refractivity contribution in [1.82, 2.24) is 0 Å². The monoisotopic (exact) mass is 382 g/mol. The molecule has 6 nitrogen and oxygen atoms in total. The van der Waals surface area contributed by atoms with Crippen LogP contribution in [0, 0.1) is 10.1 Å². The largest absolute Gasteiger partial charge is 0.280 e. The highest BCUT2D eigenvalue weighted by Gasteiger charge is 2.16. The summed E-state index contributed by atoms with van der Waals surface area (Å²) in [7, 11) is -3.70. The molecule has 0 spiro atoms. The second-order valence-electron chi connectivity index (χ2n) is 5.95. The van der Waals surface area contributed by atoms with Gasteiger partial charge >= 0.3 is 0 Å². The van der Waals surface area contributed by atoms with Gasteiger partial charge in [-0.05, 0) is 47.9 Å². The summed E-state index contributed by atoms with van der Waals surface area (Å²) in [6, 6.07) is 19.6. The molecule has 1 N–H and O–H groups in total. The number of rotatable bonds is 6. The number of nitrogens with one attached hydrogen (secondary N) is 1. The van der Waals surface area contributed by atoms with Crippen LogP contribution in [0.1, 0.15) is 12.5 Å². The van der Waals surface area contributed by atoms with E-state index in [0.717, 1.165) is 12.0 Å². The van der Waals surface area contributed by atoms with Crippen molar-refractivity contribution < 1.29 is 13.3 Å². The predicted octanol–water partition coefficient (Wildman–Crippen LogP) is 4.63. The molecule has 0 saturated heterocycles. The van der Waals surface area contributed by atoms with E-state index in [-0.39, 0.29) is 10.6 Å². The van der Waals surface area contributed by atoms with Crippen molar-refractivity contribution in [2.45, 2.75) is 18.2 Å². The molecule has 0 unspecified atom stereocenters. The minimum absolute atomic E-state index is 0.00171. The molecule has 0 heterocycles. The van der Waals surface area contributed by atoms with Gasteiger partial charge in [0.05, 0.1) is 15.4 Å². The van der Waals surface area contributed by atoms with Crippen molar-refractivity contribution in [3.8, 4) is 11.1 Å². The van der Waals surface area contributed by atoms with Crippen LogP contribution in [0.4, 0.5) is 11.4 Å². The maximum absolute atomic E-state index is 12.5. The van der Waals surface area contributed by atoms with Gasteiger partial charge in [-0.1, -0.05) is 43.3 Å². The molecular formula is C20H18N2O4S. The number of nitro benzene ring substituents is 1. The average Bonchev–Trinajstić information content (AvgIpc) is 2.68. The molecule has 0 aliphatic rings. The number of nitro groups is 1. The lowest BCUT2D eigenvalue weighted by Crippen LogP contribution is -2.12. The molecule has 27 heavy (non-hydrogen) atoms. The minimum Gasteiger partial charge on any atom is -0.280 e. The van der Waals surface area contributed by atoms with E-state index in [4.69, 9.17) is 0 Å². The zero-order valence-electron chi connectivity index (χ0n) is 14.6. The summed E-state index contributed by atoms with van der Waals surface area (Å²) >= 11 is 0. The van der Waals surface area contributed by atoms with Crippen molar-refractivity contribution in [2.24, 2.45) is 0 Å². The molecule has 0 aliphatic heterocycles. The highest BCUT2D eigenvalue weighted by Crippen LogP contribution is 2.30. The third kappa shape index (κ3) is 4.15. The number of benzene rings is 3. The second kappa shape index (κ2) is 7.59. The molecule has 0 aromatic heterocycles. The summed E-state index contributed by atoms with van der Waals surface area (Å²) in [6.45, 7) is 2.00. The second-order valence-corrected chi connectivity index (χ2v) is 7.64. The quantitative estimate of drug-likeness (QED) is 0.497. The SMILES string of the molecule is CCc1ccc(S(=O)(=O)Nc2ccc(-c3ccccc3[N+](=O)[O-])cc2)cc1. The molecule has 138 valence electrons. The Kier molecular flexibility index (Phi) is 5.23. The van der Waals surface area contributed by atoms with Crippen LogP contribution < -0.4 is 4.72 Å². The van der Waals surface area contributed by atoms with E-state index in [0.29, 0.717) is 16.8 Å². The van der Waals surface area contributed by atoms with Gasteiger partial charge in [0.25, 0.3) is 15.7 Å². The summed E-state index contributed by atoms with van der Waals surface area (Å²) in [6.07, 6.45) is 0.834. The van der Waals surface area contributed by atoms with Crippen LogP contribution in [0.25, 0.3) is 11.1 Å². The molecule has 3 aromatic carbocycles. The summed E-state index contributed by atoms with van der Waals surface area (Å²) < 4.78 is 27.5. The summed E-state index contributed by atoms with van der Waals surface area (Å²) in [5, 5.41) is 11.2. The van der Waals surface area contributed by atoms with Crippen LogP contribution in [-0.2, 0) is 16.4 Å². The molecule has 3 rings (SSSR count). The number of nitrogens with zero attached hydrogens (tertiary/aromatic N) is 1. The lowest BCUT2D eigenvalue weighted by Gasteiger charge is -2.10. The van der Waals surface area contributed by atoms with Gasteiger partial charge in [-0.3, -0.25) is 14.8 Å². The van der Waals surface area contributed by atoms with Crippen molar-refractivity contribution in [3.05, 3.63) is 88.5 Å². The van der Waals surface area contributed by atoms with E-state index in [2.05, 4.69) is 4.72 Å². The van der Waals surface area contributed by atoms with E-state index in [9.17, 15) is 18.5 Å². The van der Waals surface area contributed by atoms with Crippen LogP contribution in [0.2, 0.25) is 0 Å². The summed E-state index contributed by atoms with van der Waals surface area (Å²) in [4.78, 5) is 10.9. The van der Waals surface area contributed by atoms with Crippen LogP contribution in [0.5, 0.6) is 0 Å². The standard InChI is InChI=1S/C20H18N2O4S/c1-2-15-7-13-18(14-8-15)27(25,26)21-17-11-9-16(10-12-17)19-5-3-4-6-20(19)22(23)24/h3-14,21H,2H2,1H3. The number of hydrogen-bond donors (Lipinski definition) is 1. The van der Waals surface area contributed by atoms with Crippen LogP contribution in [-0.4, -0.2) is 13.3 Å². The van der Waals surface area contributed by atoms with Gasteiger partial charge < -0.3 is 0 Å². The van der Waals surface area contributed by atoms with Crippen LogP contribution in [0.15, 0.2) is 77.7 Å². The molecule has 7 heteroatoms. The van der Waals surface area contributed by atoms with E-state index < -0.39 is 14.9 Å². The number of sulfonamides is 1. The zero-order chi connectivity index (χ0) is 19.4. The Hall–Kier alpha value is -3.19. The van der Waals surface area contributed by atoms with E-state index in [1.54, 1.807) is 66.7 Å². The fourth-order valence-electron chi connectivity index (χ4n) is 2.71. The highest BCUT2D eigenvalue weighted by atomic mass is 32.2. The van der Waals surface area contributed by atoms with Gasteiger partial charge in [-0.15, -0.1) is 0 Å². The van der Waals surface area contributed by atoms with Gasteiger partial charge in [0.15, 0.2) is 0 Å². The Balaban J connectivity index is 1.84. The third-order valence-corrected chi connectivity index (χ3v) is 5.59. The first-order chi connectivity index (χ1) is 12.9. The maximum atomic E-state index is 12.5. The van der Waals surface area contributed by atoms with Gasteiger partial charge in [0, 0.05) is 11.8 Å². The van der Waals surface area contributed by atoms with Crippen molar-refractivity contribution in [1.29, 1.82) is 0 Å². The number of anilines is 1. The highest BCUT2D eigenvalue weighted by molar-refractivity contribution is 7.92. The molecule has 0 fully saturated rings. The van der Waals surface area contributed by atoms with Gasteiger partial charge in [-0.2, -0.15) is 0 Å². The number of hydrogen-bond acceptors (Lipinski definition) is 4. The lowest BCUT2D eigenvalue weighted by molar-refractivity contribution is -0.384. The zero-order valence-corrected chi connectivity index (χ0v) is 15.4. The Morgan fingerprint density at radius 3 is 2.15 bits per heavy atom. The molecule has 0 amide bonds. The number of para-hydroxylation sites is 1. The Bertz CT molecular complexity index is 1060. The van der Waals surface area contributed by atoms with Crippen molar-refractivity contribution in [3.63, 3.8) is 0 Å². The van der Waals surface area contributed by atoms with Gasteiger partial charge in [0.2, 0.25) is 0 Å². The predicted molar refractivity (Wildman–Crippen MR) is 105 cm³/mol. The normalized spacial score (nSPS) is 11.1. The van der Waals surface area contributed by atoms with E-state index in [1.165, 1.54) is 6.07 Å². The topological polar surface area (TPSA) is 89.3 Å². The number of aryl methyl sites for hydroxylation is 1. The maximum Gasteiger partial charge on any atom is 0.277 e. The first-order valence-corrected chi connectivity index (χ1v) is 9.84. The van der Waals surface area contributed by atoms with Gasteiger partial charge in [0.1, 0.15) is 0 Å². The summed E-state index contributed by atoms with van der Waals surface area (Å²) in [5.41, 5.74) is 2.56. The Morgan fingerprint density at radius 2 is 1.56 bits per heavy atom. The van der Waals surface area contributed by atoms with E-state index >= 15 is 0 Å². The minimum atomic E-state index is -3.70. The molecule has 0 aliphatic carbocycles. The first-order valence-electron chi connectivity index (χ1n) is 8.36. The summed E-state index contributed by atoms with van der Waals surface area (Å²) in [5.74, 6) is 0. The van der Waals surface area contributed by atoms with Crippen LogP contribution in [0.3, 0.4) is 0 Å². The van der Waals surface area contributed by atoms with E-state index in [1.807, 2.05) is 6.92 Å². The van der Waals surface area contributed by atoms with Crippen molar-refractivity contribution in [2.75, 3.05) is 4.72 Å². The molecule has 0 saturated carbocycles. The molecular weight excluding hydrogens is 364 g/mol. The fourth-order valence-corrected chi connectivity index (χ4v) is 3.77. The lowest BCUT2D eigenvalue weighted by atomic mass is 10.0. The Labute approximate surface area is 157 Å². The molecule has 3 aromatic rings. The molecule has 0 bridgehead atoms. The average molecular weight is 382 g/mol. The molecule has 0 radical (unpaired) electrons. The van der Waals surface area contributed by atoms with Crippen molar-refractivity contribution >= 4 is 21.4 Å². The first kappa shape index (κ1) is 18.6. The Morgan fingerprint density at radius 1 is 0.926 bits per heavy atom. The molecule has 0 atom stereocenters.